The van der Waals surface area contributed by atoms with Crippen molar-refractivity contribution in [3.8, 4) is 0 Å². The molecule has 2 heteroatoms. The molecule has 0 saturated carbocycles. The first-order valence-electron chi connectivity index (χ1n) is 7.99. The molecule has 2 heterocycles. The van der Waals surface area contributed by atoms with Crippen LogP contribution in [0.2, 0.25) is 0 Å². The van der Waals surface area contributed by atoms with Crippen molar-refractivity contribution in [3.63, 3.8) is 0 Å². The second kappa shape index (κ2) is 2.62. The summed E-state index contributed by atoms with van der Waals surface area (Å²) in [4.78, 5) is 0. The van der Waals surface area contributed by atoms with Gasteiger partial charge in [0.15, 0.2) is 0 Å². The zero-order valence-corrected chi connectivity index (χ0v) is 11.6. The Morgan fingerprint density at radius 2 is 1.05 bits per heavy atom. The summed E-state index contributed by atoms with van der Waals surface area (Å²) in [6.45, 7) is 0. The van der Waals surface area contributed by atoms with Gasteiger partial charge in [-0.3, -0.25) is 0 Å². The van der Waals surface area contributed by atoms with Gasteiger partial charge >= 0.3 is 0 Å². The summed E-state index contributed by atoms with van der Waals surface area (Å²) in [6.07, 6.45) is 1.20. The van der Waals surface area contributed by atoms with Crippen molar-refractivity contribution in [2.24, 2.45) is 0 Å². The number of benzene rings is 4. The van der Waals surface area contributed by atoms with Gasteiger partial charge in [-0.05, 0) is 72.8 Å². The zero-order chi connectivity index (χ0) is 13.7. The average Bonchev–Trinajstić information content (AvgIpc) is 3.45. The van der Waals surface area contributed by atoms with Crippen LogP contribution in [0.15, 0.2) is 36.4 Å². The standard InChI is InChI=1S/C20H10O2/c1-2-7-4-9-14-11(19-17(9)21-19)6-12-15-10(18-20(12)22-18)5-8(3-1)13(7)16(14)15/h1-6,17-20H/t17-,18-,19+,20+/m0/s1. The van der Waals surface area contributed by atoms with Crippen LogP contribution in [0.5, 0.6) is 0 Å². The fourth-order valence-corrected chi connectivity index (χ4v) is 5.26. The second-order valence-corrected chi connectivity index (χ2v) is 7.15. The molecule has 0 unspecified atom stereocenters. The molecule has 2 nitrogen and oxygen atoms in total. The largest absolute Gasteiger partial charge is 0.359 e. The number of epoxide rings is 2. The van der Waals surface area contributed by atoms with Crippen LogP contribution in [0.25, 0.3) is 32.3 Å². The smallest absolute Gasteiger partial charge is 0.114 e. The van der Waals surface area contributed by atoms with Crippen molar-refractivity contribution in [3.05, 3.63) is 58.7 Å². The molecule has 0 bridgehead atoms. The predicted octanol–water partition coefficient (Wildman–Crippen LogP) is 4.84. The van der Waals surface area contributed by atoms with Crippen LogP contribution in [-0.4, -0.2) is 0 Å². The van der Waals surface area contributed by atoms with Crippen LogP contribution in [0.1, 0.15) is 46.7 Å². The molecular weight excluding hydrogens is 272 g/mol. The first kappa shape index (κ1) is 9.78. The maximum absolute atomic E-state index is 5.91. The first-order chi connectivity index (χ1) is 10.9. The number of ether oxygens (including phenoxy) is 2. The number of hydrogen-bond donors (Lipinski definition) is 0. The van der Waals surface area contributed by atoms with E-state index in [2.05, 4.69) is 36.4 Å². The minimum Gasteiger partial charge on any atom is -0.359 e. The summed E-state index contributed by atoms with van der Waals surface area (Å²) in [5.41, 5.74) is 5.63. The fourth-order valence-electron chi connectivity index (χ4n) is 5.26. The summed E-state index contributed by atoms with van der Waals surface area (Å²) in [5, 5.41) is 8.59. The Hall–Kier alpha value is -2.16. The highest BCUT2D eigenvalue weighted by Gasteiger charge is 2.54. The zero-order valence-electron chi connectivity index (χ0n) is 11.6. The summed E-state index contributed by atoms with van der Waals surface area (Å²) >= 11 is 0. The Morgan fingerprint density at radius 1 is 0.545 bits per heavy atom. The highest BCUT2D eigenvalue weighted by molar-refractivity contribution is 6.27. The number of rotatable bonds is 0. The van der Waals surface area contributed by atoms with Crippen LogP contribution in [-0.2, 0) is 9.47 Å². The van der Waals surface area contributed by atoms with E-state index >= 15 is 0 Å². The minimum absolute atomic E-state index is 0.299. The van der Waals surface area contributed by atoms with E-state index in [1.807, 2.05) is 0 Å². The van der Waals surface area contributed by atoms with Gasteiger partial charge in [0.2, 0.25) is 0 Å². The molecule has 8 rings (SSSR count). The third kappa shape index (κ3) is 0.794. The van der Waals surface area contributed by atoms with E-state index in [4.69, 9.17) is 9.47 Å². The summed E-state index contributed by atoms with van der Waals surface area (Å²) in [7, 11) is 0. The molecule has 4 aliphatic rings. The second-order valence-electron chi connectivity index (χ2n) is 7.15. The molecule has 0 amide bonds. The highest BCUT2D eigenvalue weighted by Crippen LogP contribution is 2.67. The van der Waals surface area contributed by atoms with Crippen LogP contribution in [0.4, 0.5) is 0 Å². The molecule has 0 aromatic heterocycles. The quantitative estimate of drug-likeness (QED) is 0.341. The topological polar surface area (TPSA) is 25.1 Å². The average molecular weight is 282 g/mol. The van der Waals surface area contributed by atoms with Crippen LogP contribution < -0.4 is 0 Å². The van der Waals surface area contributed by atoms with Gasteiger partial charge in [0.1, 0.15) is 24.4 Å². The third-order valence-corrected chi connectivity index (χ3v) is 6.18. The number of fused-ring (bicyclic) bond motifs is 6. The Kier molecular flexibility index (Phi) is 1.16. The van der Waals surface area contributed by atoms with Crippen LogP contribution >= 0.6 is 0 Å². The Bertz CT molecular complexity index is 1120. The highest BCUT2D eigenvalue weighted by atomic mass is 16.6. The molecule has 4 aromatic rings. The normalized spacial score (nSPS) is 32.2. The van der Waals surface area contributed by atoms with E-state index in [9.17, 15) is 0 Å². The molecule has 2 aliphatic carbocycles. The lowest BCUT2D eigenvalue weighted by molar-refractivity contribution is 0.371. The van der Waals surface area contributed by atoms with Crippen molar-refractivity contribution in [1.29, 1.82) is 0 Å². The van der Waals surface area contributed by atoms with Gasteiger partial charge in [0, 0.05) is 0 Å². The first-order valence-corrected chi connectivity index (χ1v) is 7.99. The summed E-state index contributed by atoms with van der Waals surface area (Å²) in [6, 6.07) is 13.8. The van der Waals surface area contributed by atoms with E-state index in [-0.39, 0.29) is 0 Å². The lowest BCUT2D eigenvalue weighted by Crippen LogP contribution is -1.94. The summed E-state index contributed by atoms with van der Waals surface area (Å²) < 4.78 is 11.8. The van der Waals surface area contributed by atoms with Gasteiger partial charge < -0.3 is 9.47 Å². The maximum Gasteiger partial charge on any atom is 0.114 e. The van der Waals surface area contributed by atoms with E-state index in [1.165, 1.54) is 54.6 Å². The lowest BCUT2D eigenvalue weighted by atomic mass is 9.88. The van der Waals surface area contributed by atoms with E-state index in [0.717, 1.165) is 0 Å². The summed E-state index contributed by atoms with van der Waals surface area (Å²) in [5.74, 6) is 0. The molecule has 2 fully saturated rings. The fraction of sp³-hybridized carbons (Fsp3) is 0.200. The monoisotopic (exact) mass is 282 g/mol. The van der Waals surface area contributed by atoms with E-state index in [1.54, 1.807) is 0 Å². The lowest BCUT2D eigenvalue weighted by Gasteiger charge is -2.17. The maximum atomic E-state index is 5.91. The molecule has 0 radical (unpaired) electrons. The van der Waals surface area contributed by atoms with Crippen molar-refractivity contribution < 1.29 is 9.47 Å². The number of hydrogen-bond acceptors (Lipinski definition) is 2. The van der Waals surface area contributed by atoms with Crippen molar-refractivity contribution in [2.45, 2.75) is 24.4 Å². The van der Waals surface area contributed by atoms with Gasteiger partial charge in [-0.15, -0.1) is 0 Å². The molecule has 2 aliphatic heterocycles. The van der Waals surface area contributed by atoms with Gasteiger partial charge in [0.05, 0.1) is 0 Å². The van der Waals surface area contributed by atoms with Gasteiger partial charge in [-0.2, -0.15) is 0 Å². The molecule has 2 saturated heterocycles. The van der Waals surface area contributed by atoms with Gasteiger partial charge in [-0.25, -0.2) is 0 Å². The Morgan fingerprint density at radius 3 is 1.59 bits per heavy atom. The molecule has 4 atom stereocenters. The molecule has 22 heavy (non-hydrogen) atoms. The van der Waals surface area contributed by atoms with Gasteiger partial charge in [0.25, 0.3) is 0 Å². The molecule has 0 N–H and O–H groups in total. The molecule has 0 spiro atoms. The van der Waals surface area contributed by atoms with Gasteiger partial charge in [-0.1, -0.05) is 18.2 Å². The van der Waals surface area contributed by atoms with E-state index < -0.39 is 0 Å². The molecular formula is C20H10O2. The van der Waals surface area contributed by atoms with Crippen molar-refractivity contribution >= 4 is 32.3 Å². The molecule has 4 aromatic carbocycles. The van der Waals surface area contributed by atoms with Crippen molar-refractivity contribution in [2.75, 3.05) is 0 Å². The Balaban J connectivity index is 1.82. The SMILES string of the molecule is c1cc2cc3c4c(cc5c6c(cc(c1)c2c46)[C@@H]1O[C@H]51)[C@H]1O[C@@H]31. The van der Waals surface area contributed by atoms with Crippen LogP contribution in [0, 0.1) is 0 Å². The molecule has 102 valence electrons. The van der Waals surface area contributed by atoms with Crippen molar-refractivity contribution in [1.82, 2.24) is 0 Å². The minimum atomic E-state index is 0.299. The predicted molar refractivity (Wildman–Crippen MR) is 83.3 cm³/mol. The third-order valence-electron chi connectivity index (χ3n) is 6.18. The van der Waals surface area contributed by atoms with Crippen LogP contribution in [0.3, 0.4) is 0 Å². The Labute approximate surface area is 125 Å². The van der Waals surface area contributed by atoms with E-state index in [0.29, 0.717) is 24.4 Å².